The largest absolute Gasteiger partial charge is 0.395 e. The van der Waals surface area contributed by atoms with Gasteiger partial charge in [-0.1, -0.05) is 6.92 Å². The predicted octanol–water partition coefficient (Wildman–Crippen LogP) is 0.690. The van der Waals surface area contributed by atoms with E-state index in [1.165, 1.54) is 32.4 Å². The third kappa shape index (κ3) is 4.40. The van der Waals surface area contributed by atoms with Gasteiger partial charge < -0.3 is 15.3 Å². The summed E-state index contributed by atoms with van der Waals surface area (Å²) in [5.41, 5.74) is 0. The van der Waals surface area contributed by atoms with Gasteiger partial charge in [0.25, 0.3) is 0 Å². The number of aliphatic hydroxyl groups is 1. The molecular formula is C11H24N2O. The van der Waals surface area contributed by atoms with Gasteiger partial charge in [-0.25, -0.2) is 0 Å². The van der Waals surface area contributed by atoms with Crippen LogP contribution in [0.3, 0.4) is 0 Å². The van der Waals surface area contributed by atoms with Crippen LogP contribution in [0.15, 0.2) is 0 Å². The number of aliphatic hydroxyl groups excluding tert-OH is 1. The molecule has 1 fully saturated rings. The minimum Gasteiger partial charge on any atom is -0.395 e. The molecule has 1 heterocycles. The maximum atomic E-state index is 8.85. The molecule has 1 saturated heterocycles. The second-order valence-corrected chi connectivity index (χ2v) is 4.14. The van der Waals surface area contributed by atoms with Gasteiger partial charge in [0.15, 0.2) is 0 Å². The number of hydrogen-bond acceptors (Lipinski definition) is 3. The highest BCUT2D eigenvalue weighted by molar-refractivity contribution is 4.70. The van der Waals surface area contributed by atoms with Gasteiger partial charge in [0.1, 0.15) is 0 Å². The zero-order chi connectivity index (χ0) is 10.2. The van der Waals surface area contributed by atoms with Crippen LogP contribution in [-0.2, 0) is 0 Å². The fourth-order valence-electron chi connectivity index (χ4n) is 2.10. The molecule has 2 N–H and O–H groups in total. The van der Waals surface area contributed by atoms with Gasteiger partial charge in [-0.3, -0.25) is 0 Å². The molecule has 0 unspecified atom stereocenters. The zero-order valence-corrected chi connectivity index (χ0v) is 9.34. The van der Waals surface area contributed by atoms with Gasteiger partial charge in [-0.15, -0.1) is 0 Å². The molecule has 1 aliphatic rings. The van der Waals surface area contributed by atoms with Crippen LogP contribution in [0.25, 0.3) is 0 Å². The van der Waals surface area contributed by atoms with Crippen molar-refractivity contribution in [3.63, 3.8) is 0 Å². The lowest BCUT2D eigenvalue weighted by Crippen LogP contribution is -2.32. The molecule has 14 heavy (non-hydrogen) atoms. The van der Waals surface area contributed by atoms with Crippen LogP contribution in [0.4, 0.5) is 0 Å². The van der Waals surface area contributed by atoms with Gasteiger partial charge in [0, 0.05) is 6.54 Å². The number of rotatable bonds is 6. The third-order valence-corrected chi connectivity index (χ3v) is 3.18. The van der Waals surface area contributed by atoms with E-state index in [4.69, 9.17) is 5.11 Å². The molecule has 0 saturated carbocycles. The first-order valence-corrected chi connectivity index (χ1v) is 5.90. The summed E-state index contributed by atoms with van der Waals surface area (Å²) in [6.07, 6.45) is 3.96. The fraction of sp³-hybridized carbons (Fsp3) is 1.00. The van der Waals surface area contributed by atoms with Crippen LogP contribution in [0.5, 0.6) is 0 Å². The Morgan fingerprint density at radius 1 is 1.29 bits per heavy atom. The Morgan fingerprint density at radius 3 is 2.57 bits per heavy atom. The molecule has 0 amide bonds. The molecular weight excluding hydrogens is 176 g/mol. The van der Waals surface area contributed by atoms with Crippen molar-refractivity contribution in [3.05, 3.63) is 0 Å². The van der Waals surface area contributed by atoms with Crippen LogP contribution >= 0.6 is 0 Å². The molecule has 0 aliphatic carbocycles. The second kappa shape index (κ2) is 7.21. The van der Waals surface area contributed by atoms with Gasteiger partial charge in [-0.2, -0.15) is 0 Å². The maximum absolute atomic E-state index is 8.85. The van der Waals surface area contributed by atoms with Crippen molar-refractivity contribution in [2.75, 3.05) is 39.3 Å². The van der Waals surface area contributed by atoms with Crippen molar-refractivity contribution < 1.29 is 5.11 Å². The molecule has 84 valence electrons. The number of likely N-dealkylation sites (N-methyl/N-ethyl adjacent to an activating group) is 1. The Labute approximate surface area is 87.5 Å². The van der Waals surface area contributed by atoms with Crippen molar-refractivity contribution in [3.8, 4) is 0 Å². The van der Waals surface area contributed by atoms with Crippen molar-refractivity contribution in [2.45, 2.75) is 26.2 Å². The van der Waals surface area contributed by atoms with Crippen LogP contribution in [0.1, 0.15) is 26.2 Å². The van der Waals surface area contributed by atoms with Crippen LogP contribution in [0, 0.1) is 5.92 Å². The quantitative estimate of drug-likeness (QED) is 0.662. The van der Waals surface area contributed by atoms with Crippen LogP contribution in [-0.4, -0.2) is 49.3 Å². The minimum absolute atomic E-state index is 0.292. The summed E-state index contributed by atoms with van der Waals surface area (Å²) in [4.78, 5) is 2.34. The lowest BCUT2D eigenvalue weighted by Gasteiger charge is -2.26. The summed E-state index contributed by atoms with van der Waals surface area (Å²) < 4.78 is 0. The predicted molar refractivity (Wildman–Crippen MR) is 59.4 cm³/mol. The summed E-state index contributed by atoms with van der Waals surface area (Å²) in [5.74, 6) is 0.906. The Morgan fingerprint density at radius 2 is 2.00 bits per heavy atom. The highest BCUT2D eigenvalue weighted by Gasteiger charge is 2.13. The van der Waals surface area contributed by atoms with Crippen molar-refractivity contribution in [2.24, 2.45) is 5.92 Å². The number of nitrogens with one attached hydrogen (secondary N) is 1. The zero-order valence-electron chi connectivity index (χ0n) is 9.34. The van der Waals surface area contributed by atoms with Gasteiger partial charge in [0.2, 0.25) is 0 Å². The first-order chi connectivity index (χ1) is 6.86. The minimum atomic E-state index is 0.292. The van der Waals surface area contributed by atoms with E-state index in [0.29, 0.717) is 6.61 Å². The van der Waals surface area contributed by atoms with Gasteiger partial charge >= 0.3 is 0 Å². The number of piperidine rings is 1. The van der Waals surface area contributed by atoms with Gasteiger partial charge in [0.05, 0.1) is 6.61 Å². The topological polar surface area (TPSA) is 35.5 Å². The lowest BCUT2D eigenvalue weighted by atomic mass is 9.94. The Hall–Kier alpha value is -0.120. The van der Waals surface area contributed by atoms with Gasteiger partial charge in [-0.05, 0) is 51.4 Å². The van der Waals surface area contributed by atoms with E-state index in [1.807, 2.05) is 0 Å². The Balaban J connectivity index is 2.10. The molecule has 0 aromatic carbocycles. The summed E-state index contributed by atoms with van der Waals surface area (Å²) in [7, 11) is 0. The highest BCUT2D eigenvalue weighted by Crippen LogP contribution is 2.15. The fourth-order valence-corrected chi connectivity index (χ4v) is 2.10. The lowest BCUT2D eigenvalue weighted by molar-refractivity contribution is 0.187. The first kappa shape index (κ1) is 12.0. The summed E-state index contributed by atoms with van der Waals surface area (Å²) in [5, 5.41) is 12.2. The second-order valence-electron chi connectivity index (χ2n) is 4.14. The molecule has 3 nitrogen and oxygen atoms in total. The highest BCUT2D eigenvalue weighted by atomic mass is 16.3. The first-order valence-electron chi connectivity index (χ1n) is 5.90. The molecule has 3 heteroatoms. The SMILES string of the molecule is CCN(CCO)CCC1CCNCC1. The van der Waals surface area contributed by atoms with Crippen molar-refractivity contribution in [1.82, 2.24) is 10.2 Å². The van der Waals surface area contributed by atoms with Crippen molar-refractivity contribution >= 4 is 0 Å². The molecule has 1 aliphatic heterocycles. The average molecular weight is 200 g/mol. The molecule has 1 rings (SSSR count). The van der Waals surface area contributed by atoms with E-state index in [0.717, 1.165) is 25.6 Å². The smallest absolute Gasteiger partial charge is 0.0558 e. The molecule has 0 aromatic rings. The third-order valence-electron chi connectivity index (χ3n) is 3.18. The Kier molecular flexibility index (Phi) is 6.15. The molecule has 0 bridgehead atoms. The molecule has 0 radical (unpaired) electrons. The molecule has 0 atom stereocenters. The van der Waals surface area contributed by atoms with E-state index in [2.05, 4.69) is 17.1 Å². The summed E-state index contributed by atoms with van der Waals surface area (Å²) in [6, 6.07) is 0. The number of hydrogen-bond donors (Lipinski definition) is 2. The molecule has 0 spiro atoms. The van der Waals surface area contributed by atoms with E-state index in [1.54, 1.807) is 0 Å². The summed E-state index contributed by atoms with van der Waals surface area (Å²) in [6.45, 7) is 7.89. The number of nitrogens with zero attached hydrogens (tertiary/aromatic N) is 1. The average Bonchev–Trinajstić information content (AvgIpc) is 2.25. The van der Waals surface area contributed by atoms with Crippen LogP contribution in [0.2, 0.25) is 0 Å². The maximum Gasteiger partial charge on any atom is 0.0558 e. The monoisotopic (exact) mass is 200 g/mol. The Bertz CT molecular complexity index is 130. The van der Waals surface area contributed by atoms with E-state index in [9.17, 15) is 0 Å². The standard InChI is InChI=1S/C11H24N2O/c1-2-13(9-10-14)8-5-11-3-6-12-7-4-11/h11-12,14H,2-10H2,1H3. The van der Waals surface area contributed by atoms with Crippen LogP contribution < -0.4 is 5.32 Å². The molecule has 0 aromatic heterocycles. The van der Waals surface area contributed by atoms with E-state index < -0.39 is 0 Å². The summed E-state index contributed by atoms with van der Waals surface area (Å²) >= 11 is 0. The van der Waals surface area contributed by atoms with Crippen molar-refractivity contribution in [1.29, 1.82) is 0 Å². The van der Waals surface area contributed by atoms with E-state index >= 15 is 0 Å². The normalized spacial score (nSPS) is 19.1. The van der Waals surface area contributed by atoms with E-state index in [-0.39, 0.29) is 0 Å².